The van der Waals surface area contributed by atoms with Crippen LogP contribution in [0.25, 0.3) is 0 Å². The topological polar surface area (TPSA) is 35.0 Å². The van der Waals surface area contributed by atoms with Crippen LogP contribution in [0.2, 0.25) is 0 Å². The van der Waals surface area contributed by atoms with Crippen molar-refractivity contribution in [2.45, 2.75) is 12.8 Å². The van der Waals surface area contributed by atoms with E-state index >= 15 is 0 Å². The molecule has 72 valence electrons. The first kappa shape index (κ1) is 9.91. The molecule has 0 spiro atoms. The molecule has 0 saturated heterocycles. The van der Waals surface area contributed by atoms with Gasteiger partial charge in [-0.2, -0.15) is 13.2 Å². The summed E-state index contributed by atoms with van der Waals surface area (Å²) in [5.41, 5.74) is 0.510. The van der Waals surface area contributed by atoms with Crippen molar-refractivity contribution in [3.63, 3.8) is 0 Å². The summed E-state index contributed by atoms with van der Waals surface area (Å²) in [6.45, 7) is 0.206. The number of aromatic nitrogens is 2. The Morgan fingerprint density at radius 1 is 1.31 bits per heavy atom. The minimum absolute atomic E-state index is 0.206. The number of methoxy groups -OCH3 is 1. The van der Waals surface area contributed by atoms with Gasteiger partial charge in [0.2, 0.25) is 5.82 Å². The van der Waals surface area contributed by atoms with Gasteiger partial charge in [-0.25, -0.2) is 9.97 Å². The highest BCUT2D eigenvalue weighted by Gasteiger charge is 2.34. The van der Waals surface area contributed by atoms with Crippen LogP contribution >= 0.6 is 0 Å². The molecular weight excluding hydrogens is 185 g/mol. The lowest BCUT2D eigenvalue weighted by molar-refractivity contribution is -0.145. The molecule has 0 radical (unpaired) electrons. The van der Waals surface area contributed by atoms with Crippen LogP contribution in [0.15, 0.2) is 12.4 Å². The van der Waals surface area contributed by atoms with Crippen LogP contribution in [0, 0.1) is 0 Å². The Morgan fingerprint density at radius 3 is 2.23 bits per heavy atom. The van der Waals surface area contributed by atoms with Crippen LogP contribution in [-0.4, -0.2) is 17.1 Å². The average Bonchev–Trinajstić information content (AvgIpc) is 2.04. The molecule has 0 aliphatic heterocycles. The molecule has 1 aromatic rings. The first-order valence-corrected chi connectivity index (χ1v) is 3.41. The van der Waals surface area contributed by atoms with E-state index in [9.17, 15) is 13.2 Å². The molecule has 0 saturated carbocycles. The average molecular weight is 192 g/mol. The standard InChI is InChI=1S/C7H7F3N2O/c1-13-4-5-2-11-6(12-3-5)7(8,9)10/h2-3H,4H2,1H3. The fraction of sp³-hybridized carbons (Fsp3) is 0.429. The first-order valence-electron chi connectivity index (χ1n) is 3.41. The lowest BCUT2D eigenvalue weighted by Gasteiger charge is -2.04. The van der Waals surface area contributed by atoms with Gasteiger partial charge in [-0.15, -0.1) is 0 Å². The maximum Gasteiger partial charge on any atom is 0.451 e. The first-order chi connectivity index (χ1) is 6.04. The van der Waals surface area contributed by atoms with Crippen molar-refractivity contribution in [1.82, 2.24) is 9.97 Å². The van der Waals surface area contributed by atoms with Crippen LogP contribution in [0.4, 0.5) is 13.2 Å². The molecule has 0 unspecified atom stereocenters. The van der Waals surface area contributed by atoms with Crippen LogP contribution in [0.1, 0.15) is 11.4 Å². The van der Waals surface area contributed by atoms with Crippen LogP contribution in [0.3, 0.4) is 0 Å². The molecule has 0 bridgehead atoms. The summed E-state index contributed by atoms with van der Waals surface area (Å²) in [4.78, 5) is 6.30. The normalized spacial score (nSPS) is 11.7. The molecule has 6 heteroatoms. The van der Waals surface area contributed by atoms with Crippen molar-refractivity contribution in [3.05, 3.63) is 23.8 Å². The summed E-state index contributed by atoms with van der Waals surface area (Å²) in [5.74, 6) is -1.13. The predicted octanol–water partition coefficient (Wildman–Crippen LogP) is 1.64. The zero-order valence-electron chi connectivity index (χ0n) is 6.80. The number of alkyl halides is 3. The van der Waals surface area contributed by atoms with Crippen LogP contribution in [0.5, 0.6) is 0 Å². The monoisotopic (exact) mass is 192 g/mol. The van der Waals surface area contributed by atoms with Gasteiger partial charge >= 0.3 is 6.18 Å². The number of nitrogens with zero attached hydrogens (tertiary/aromatic N) is 2. The van der Waals surface area contributed by atoms with E-state index in [4.69, 9.17) is 4.74 Å². The van der Waals surface area contributed by atoms with E-state index in [2.05, 4.69) is 9.97 Å². The Balaban J connectivity index is 2.81. The Hall–Kier alpha value is -1.17. The summed E-state index contributed by atoms with van der Waals surface area (Å²) in [5, 5.41) is 0. The van der Waals surface area contributed by atoms with Gasteiger partial charge in [0.05, 0.1) is 6.61 Å². The molecule has 0 atom stereocenters. The van der Waals surface area contributed by atoms with Crippen molar-refractivity contribution >= 4 is 0 Å². The smallest absolute Gasteiger partial charge is 0.380 e. The van der Waals surface area contributed by atoms with Gasteiger partial charge in [0.25, 0.3) is 0 Å². The molecule has 1 rings (SSSR count). The lowest BCUT2D eigenvalue weighted by Crippen LogP contribution is -2.10. The second-order valence-corrected chi connectivity index (χ2v) is 2.35. The summed E-state index contributed by atoms with van der Waals surface area (Å²) in [6, 6.07) is 0. The van der Waals surface area contributed by atoms with Gasteiger partial charge in [-0.05, 0) is 0 Å². The maximum atomic E-state index is 11.9. The third-order valence-electron chi connectivity index (χ3n) is 1.27. The molecule has 1 aromatic heterocycles. The molecule has 0 amide bonds. The van der Waals surface area contributed by atoms with E-state index < -0.39 is 12.0 Å². The maximum absolute atomic E-state index is 11.9. The van der Waals surface area contributed by atoms with Crippen LogP contribution in [-0.2, 0) is 17.5 Å². The van der Waals surface area contributed by atoms with Gasteiger partial charge in [0.15, 0.2) is 0 Å². The van der Waals surface area contributed by atoms with E-state index in [-0.39, 0.29) is 6.61 Å². The Bertz CT molecular complexity index is 270. The Labute approximate surface area is 72.6 Å². The zero-order chi connectivity index (χ0) is 9.90. The van der Waals surface area contributed by atoms with E-state index in [1.807, 2.05) is 0 Å². The van der Waals surface area contributed by atoms with E-state index in [1.165, 1.54) is 7.11 Å². The Morgan fingerprint density at radius 2 is 1.85 bits per heavy atom. The quantitative estimate of drug-likeness (QED) is 0.714. The number of ether oxygens (including phenoxy) is 1. The predicted molar refractivity (Wildman–Crippen MR) is 37.7 cm³/mol. The van der Waals surface area contributed by atoms with Gasteiger partial charge in [0.1, 0.15) is 0 Å². The molecule has 3 nitrogen and oxygen atoms in total. The largest absolute Gasteiger partial charge is 0.451 e. The van der Waals surface area contributed by atoms with Gasteiger partial charge in [-0.3, -0.25) is 0 Å². The van der Waals surface area contributed by atoms with Gasteiger partial charge in [-0.1, -0.05) is 0 Å². The van der Waals surface area contributed by atoms with Crippen molar-refractivity contribution in [2.24, 2.45) is 0 Å². The highest BCUT2D eigenvalue weighted by molar-refractivity contribution is 5.05. The molecule has 0 aromatic carbocycles. The summed E-state index contributed by atoms with van der Waals surface area (Å²) in [7, 11) is 1.44. The fourth-order valence-electron chi connectivity index (χ4n) is 0.742. The number of hydrogen-bond donors (Lipinski definition) is 0. The highest BCUT2D eigenvalue weighted by Crippen LogP contribution is 2.25. The van der Waals surface area contributed by atoms with E-state index in [0.29, 0.717) is 5.56 Å². The van der Waals surface area contributed by atoms with Crippen molar-refractivity contribution in [1.29, 1.82) is 0 Å². The lowest BCUT2D eigenvalue weighted by atomic mass is 10.3. The fourth-order valence-corrected chi connectivity index (χ4v) is 0.742. The number of halogens is 3. The number of rotatable bonds is 2. The van der Waals surface area contributed by atoms with Gasteiger partial charge in [0, 0.05) is 25.1 Å². The number of hydrogen-bond acceptors (Lipinski definition) is 3. The highest BCUT2D eigenvalue weighted by atomic mass is 19.4. The molecule has 0 fully saturated rings. The van der Waals surface area contributed by atoms with Crippen molar-refractivity contribution in [2.75, 3.05) is 7.11 Å². The van der Waals surface area contributed by atoms with Crippen LogP contribution < -0.4 is 0 Å². The molecule has 0 aliphatic carbocycles. The summed E-state index contributed by atoms with van der Waals surface area (Å²) in [6.07, 6.45) is -2.29. The Kier molecular flexibility index (Phi) is 2.82. The minimum atomic E-state index is -4.48. The van der Waals surface area contributed by atoms with Crippen molar-refractivity contribution < 1.29 is 17.9 Å². The van der Waals surface area contributed by atoms with E-state index in [1.54, 1.807) is 0 Å². The minimum Gasteiger partial charge on any atom is -0.380 e. The zero-order valence-corrected chi connectivity index (χ0v) is 6.80. The summed E-state index contributed by atoms with van der Waals surface area (Å²) < 4.78 is 40.5. The third kappa shape index (κ3) is 2.66. The van der Waals surface area contributed by atoms with Gasteiger partial charge < -0.3 is 4.74 Å². The molecule has 0 N–H and O–H groups in total. The van der Waals surface area contributed by atoms with Crippen molar-refractivity contribution in [3.8, 4) is 0 Å². The SMILES string of the molecule is COCc1cnc(C(F)(F)F)nc1. The van der Waals surface area contributed by atoms with E-state index in [0.717, 1.165) is 12.4 Å². The second-order valence-electron chi connectivity index (χ2n) is 2.35. The molecule has 1 heterocycles. The molecular formula is C7H7F3N2O. The molecule has 13 heavy (non-hydrogen) atoms. The third-order valence-corrected chi connectivity index (χ3v) is 1.27. The molecule has 0 aliphatic rings. The second kappa shape index (κ2) is 3.69. The summed E-state index contributed by atoms with van der Waals surface area (Å²) >= 11 is 0.